The van der Waals surface area contributed by atoms with Gasteiger partial charge in [0, 0.05) is 29.9 Å². The van der Waals surface area contributed by atoms with Crippen LogP contribution in [0.2, 0.25) is 5.02 Å². The van der Waals surface area contributed by atoms with Gasteiger partial charge in [-0.2, -0.15) is 4.98 Å². The van der Waals surface area contributed by atoms with Crippen LogP contribution in [0.4, 0.5) is 11.8 Å². The Morgan fingerprint density at radius 3 is 2.66 bits per heavy atom. The summed E-state index contributed by atoms with van der Waals surface area (Å²) in [5, 5.41) is 0.138. The third-order valence-corrected chi connectivity index (χ3v) is 8.23. The maximum absolute atomic E-state index is 12.7. The van der Waals surface area contributed by atoms with Crippen LogP contribution in [-0.4, -0.2) is 43.4 Å². The first-order valence-corrected chi connectivity index (χ1v) is 11.8. The maximum atomic E-state index is 12.7. The summed E-state index contributed by atoms with van der Waals surface area (Å²) < 4.78 is 31.3. The molecule has 0 radical (unpaired) electrons. The van der Waals surface area contributed by atoms with Crippen LogP contribution in [0.5, 0.6) is 0 Å². The summed E-state index contributed by atoms with van der Waals surface area (Å²) in [6.07, 6.45) is 3.25. The van der Waals surface area contributed by atoms with E-state index in [-0.39, 0.29) is 17.2 Å². The third kappa shape index (κ3) is 4.06. The highest BCUT2D eigenvalue weighted by atomic mass is 35.5. The van der Waals surface area contributed by atoms with E-state index in [9.17, 15) is 8.42 Å². The number of anilines is 2. The lowest BCUT2D eigenvalue weighted by atomic mass is 10.00. The Labute approximate surface area is 176 Å². The lowest BCUT2D eigenvalue weighted by Gasteiger charge is -2.32. The number of sulfone groups is 1. The predicted molar refractivity (Wildman–Crippen MR) is 113 cm³/mol. The Bertz CT molecular complexity index is 991. The normalized spacial score (nSPS) is 20.9. The van der Waals surface area contributed by atoms with Gasteiger partial charge in [-0.3, -0.25) is 0 Å². The van der Waals surface area contributed by atoms with Gasteiger partial charge in [-0.25, -0.2) is 13.4 Å². The summed E-state index contributed by atoms with van der Waals surface area (Å²) in [5.41, 5.74) is 7.46. The van der Waals surface area contributed by atoms with Gasteiger partial charge >= 0.3 is 0 Å². The zero-order valence-electron chi connectivity index (χ0n) is 16.3. The number of nitrogens with zero attached hydrogens (tertiary/aromatic N) is 3. The SMILES string of the molecule is Cc1cc(N2CCCOC[C@@H]2c2ccc(S(=O)(=O)C3CCC3)cc2Cl)nc(N)n1. The lowest BCUT2D eigenvalue weighted by Crippen LogP contribution is -2.32. The second kappa shape index (κ2) is 8.08. The van der Waals surface area contributed by atoms with Crippen LogP contribution in [-0.2, 0) is 14.6 Å². The molecule has 2 fully saturated rings. The van der Waals surface area contributed by atoms with Crippen molar-refractivity contribution >= 4 is 33.2 Å². The molecule has 2 heterocycles. The minimum atomic E-state index is -3.32. The van der Waals surface area contributed by atoms with Crippen LogP contribution in [0.25, 0.3) is 0 Å². The Hall–Kier alpha value is -1.90. The molecular weight excluding hydrogens is 412 g/mol. The molecule has 1 aliphatic carbocycles. The van der Waals surface area contributed by atoms with Gasteiger partial charge in [-0.15, -0.1) is 0 Å². The molecule has 1 aromatic heterocycles. The molecule has 29 heavy (non-hydrogen) atoms. The number of hydrogen-bond donors (Lipinski definition) is 1. The molecule has 2 N–H and O–H groups in total. The van der Waals surface area contributed by atoms with Gasteiger partial charge in [0.25, 0.3) is 0 Å². The molecule has 0 amide bonds. The fraction of sp³-hybridized carbons (Fsp3) is 0.500. The van der Waals surface area contributed by atoms with E-state index in [1.165, 1.54) is 0 Å². The van der Waals surface area contributed by atoms with Crippen LogP contribution < -0.4 is 10.6 Å². The number of rotatable bonds is 4. The Kier molecular flexibility index (Phi) is 5.68. The van der Waals surface area contributed by atoms with E-state index in [0.29, 0.717) is 28.9 Å². The highest BCUT2D eigenvalue weighted by Crippen LogP contribution is 2.37. The van der Waals surface area contributed by atoms with Crippen molar-refractivity contribution in [3.05, 3.63) is 40.5 Å². The van der Waals surface area contributed by atoms with Crippen molar-refractivity contribution in [2.24, 2.45) is 0 Å². The molecule has 1 saturated carbocycles. The van der Waals surface area contributed by atoms with E-state index in [4.69, 9.17) is 22.1 Å². The van der Waals surface area contributed by atoms with E-state index in [0.717, 1.165) is 43.5 Å². The first kappa shape index (κ1) is 20.4. The van der Waals surface area contributed by atoms with Crippen molar-refractivity contribution in [1.82, 2.24) is 9.97 Å². The monoisotopic (exact) mass is 436 g/mol. The van der Waals surface area contributed by atoms with Crippen molar-refractivity contribution in [2.45, 2.75) is 48.8 Å². The molecule has 0 spiro atoms. The highest BCUT2D eigenvalue weighted by molar-refractivity contribution is 7.92. The van der Waals surface area contributed by atoms with E-state index in [2.05, 4.69) is 14.9 Å². The predicted octanol–water partition coefficient (Wildman–Crippen LogP) is 3.31. The highest BCUT2D eigenvalue weighted by Gasteiger charge is 2.34. The summed E-state index contributed by atoms with van der Waals surface area (Å²) in [6.45, 7) is 3.66. The third-order valence-electron chi connectivity index (χ3n) is 5.64. The molecule has 0 bridgehead atoms. The number of halogens is 1. The summed E-state index contributed by atoms with van der Waals surface area (Å²) in [6, 6.07) is 6.74. The molecule has 0 unspecified atom stereocenters. The molecule has 4 rings (SSSR count). The molecule has 1 aromatic carbocycles. The lowest BCUT2D eigenvalue weighted by molar-refractivity contribution is 0.134. The van der Waals surface area contributed by atoms with Crippen molar-refractivity contribution in [3.63, 3.8) is 0 Å². The maximum Gasteiger partial charge on any atom is 0.222 e. The zero-order chi connectivity index (χ0) is 20.6. The largest absolute Gasteiger partial charge is 0.379 e. The number of aryl methyl sites for hydroxylation is 1. The van der Waals surface area contributed by atoms with Crippen molar-refractivity contribution in [2.75, 3.05) is 30.4 Å². The number of benzene rings is 1. The number of nitrogens with two attached hydrogens (primary N) is 1. The molecule has 1 atom stereocenters. The summed E-state index contributed by atoms with van der Waals surface area (Å²) >= 11 is 6.60. The molecule has 7 nitrogen and oxygen atoms in total. The van der Waals surface area contributed by atoms with Gasteiger partial charge in [-0.05, 0) is 43.9 Å². The molecule has 1 aliphatic heterocycles. The van der Waals surface area contributed by atoms with Crippen LogP contribution >= 0.6 is 11.6 Å². The smallest absolute Gasteiger partial charge is 0.222 e. The van der Waals surface area contributed by atoms with E-state index in [1.54, 1.807) is 18.2 Å². The van der Waals surface area contributed by atoms with E-state index < -0.39 is 9.84 Å². The van der Waals surface area contributed by atoms with Gasteiger partial charge in [0.05, 0.1) is 22.8 Å². The van der Waals surface area contributed by atoms with Crippen molar-refractivity contribution < 1.29 is 13.2 Å². The number of ether oxygens (including phenoxy) is 1. The van der Waals surface area contributed by atoms with Gasteiger partial charge in [0.2, 0.25) is 5.95 Å². The quantitative estimate of drug-likeness (QED) is 0.784. The molecular formula is C20H25ClN4O3S. The van der Waals surface area contributed by atoms with E-state index >= 15 is 0 Å². The second-order valence-corrected chi connectivity index (χ2v) is 10.3. The molecule has 9 heteroatoms. The van der Waals surface area contributed by atoms with Crippen LogP contribution in [0.15, 0.2) is 29.2 Å². The Balaban J connectivity index is 1.70. The number of hydrogen-bond acceptors (Lipinski definition) is 7. The van der Waals surface area contributed by atoms with E-state index in [1.807, 2.05) is 13.0 Å². The van der Waals surface area contributed by atoms with Gasteiger partial charge in [0.15, 0.2) is 9.84 Å². The summed E-state index contributed by atoms with van der Waals surface area (Å²) in [4.78, 5) is 11.0. The average Bonchev–Trinajstić information content (AvgIpc) is 2.84. The van der Waals surface area contributed by atoms with Crippen LogP contribution in [0.1, 0.15) is 43.0 Å². The summed E-state index contributed by atoms with van der Waals surface area (Å²) in [7, 11) is -3.32. The van der Waals surface area contributed by atoms with Gasteiger partial charge in [-0.1, -0.05) is 24.1 Å². The first-order chi connectivity index (χ1) is 13.9. The Morgan fingerprint density at radius 2 is 2.00 bits per heavy atom. The minimum absolute atomic E-state index is 0.195. The molecule has 2 aliphatic rings. The van der Waals surface area contributed by atoms with Gasteiger partial charge in [0.1, 0.15) is 5.82 Å². The number of aromatic nitrogens is 2. The van der Waals surface area contributed by atoms with Crippen LogP contribution in [0, 0.1) is 6.92 Å². The standard InChI is InChI=1S/C20H25ClN4O3S/c1-13-10-19(24-20(22)23-13)25-8-3-9-28-12-18(25)16-7-6-15(11-17(16)21)29(26,27)14-4-2-5-14/h6-7,10-11,14,18H,2-5,8-9,12H2,1H3,(H2,22,23,24)/t18-/m1/s1. The number of nitrogen functional groups attached to an aromatic ring is 1. The molecule has 156 valence electrons. The first-order valence-electron chi connectivity index (χ1n) is 9.85. The zero-order valence-corrected chi connectivity index (χ0v) is 17.9. The van der Waals surface area contributed by atoms with Crippen molar-refractivity contribution in [3.8, 4) is 0 Å². The van der Waals surface area contributed by atoms with Crippen molar-refractivity contribution in [1.29, 1.82) is 0 Å². The molecule has 2 aromatic rings. The minimum Gasteiger partial charge on any atom is -0.379 e. The van der Waals surface area contributed by atoms with Crippen LogP contribution in [0.3, 0.4) is 0 Å². The fourth-order valence-electron chi connectivity index (χ4n) is 3.86. The van der Waals surface area contributed by atoms with Gasteiger partial charge < -0.3 is 15.4 Å². The topological polar surface area (TPSA) is 98.4 Å². The molecule has 1 saturated heterocycles. The summed E-state index contributed by atoms with van der Waals surface area (Å²) in [5.74, 6) is 0.935. The fourth-order valence-corrected chi connectivity index (χ4v) is 6.11. The average molecular weight is 437 g/mol. The Morgan fingerprint density at radius 1 is 1.21 bits per heavy atom. The second-order valence-electron chi connectivity index (χ2n) is 7.64.